The Balaban J connectivity index is 2.20. The van der Waals surface area contributed by atoms with Crippen molar-refractivity contribution in [2.45, 2.75) is 13.3 Å². The molecule has 0 heterocycles. The molecule has 0 aliphatic rings. The van der Waals surface area contributed by atoms with Gasteiger partial charge < -0.3 is 19.5 Å². The molecule has 0 atom stereocenters. The number of hydrogen-bond acceptors (Lipinski definition) is 5. The van der Waals surface area contributed by atoms with Gasteiger partial charge in [-0.15, -0.1) is 0 Å². The maximum Gasteiger partial charge on any atom is 0.228 e. The number of anilines is 1. The molecule has 2 aromatic carbocycles. The summed E-state index contributed by atoms with van der Waals surface area (Å²) in [5, 5.41) is 2.78. The minimum absolute atomic E-state index is 0.0577. The molecule has 1 amide bonds. The van der Waals surface area contributed by atoms with Gasteiger partial charge in [0, 0.05) is 16.8 Å². The number of carbonyl (C=O) groups excluding carboxylic acids is 2. The third-order valence-electron chi connectivity index (χ3n) is 3.69. The molecule has 0 aromatic heterocycles. The van der Waals surface area contributed by atoms with Crippen LogP contribution in [0.3, 0.4) is 0 Å². The molecule has 1 N–H and O–H groups in total. The minimum atomic E-state index is -0.230. The van der Waals surface area contributed by atoms with E-state index in [1.165, 1.54) is 28.3 Å². The summed E-state index contributed by atoms with van der Waals surface area (Å²) in [7, 11) is 4.55. The second-order valence-corrected chi connectivity index (χ2v) is 5.36. The quantitative estimate of drug-likeness (QED) is 0.782. The lowest BCUT2D eigenvalue weighted by Gasteiger charge is -2.15. The highest BCUT2D eigenvalue weighted by atomic mass is 16.5. The zero-order chi connectivity index (χ0) is 18.4. The van der Waals surface area contributed by atoms with Gasteiger partial charge in [-0.1, -0.05) is 18.2 Å². The SMILES string of the molecule is COc1ccc(CC(=O)Nc2cccc(C(C)=O)c2)c(OC)c1OC. The van der Waals surface area contributed by atoms with Gasteiger partial charge in [0.15, 0.2) is 17.3 Å². The highest BCUT2D eigenvalue weighted by Gasteiger charge is 2.18. The Bertz CT molecular complexity index is 785. The predicted octanol–water partition coefficient (Wildman–Crippen LogP) is 3.10. The number of ketones is 1. The number of methoxy groups -OCH3 is 3. The van der Waals surface area contributed by atoms with Crippen LogP contribution in [0.25, 0.3) is 0 Å². The number of nitrogens with one attached hydrogen (secondary N) is 1. The monoisotopic (exact) mass is 343 g/mol. The Morgan fingerprint density at radius 2 is 1.68 bits per heavy atom. The molecular weight excluding hydrogens is 322 g/mol. The molecule has 25 heavy (non-hydrogen) atoms. The highest BCUT2D eigenvalue weighted by Crippen LogP contribution is 2.39. The van der Waals surface area contributed by atoms with Crippen molar-refractivity contribution in [3.8, 4) is 17.2 Å². The van der Waals surface area contributed by atoms with E-state index in [9.17, 15) is 9.59 Å². The molecule has 0 unspecified atom stereocenters. The normalized spacial score (nSPS) is 10.1. The van der Waals surface area contributed by atoms with E-state index in [0.717, 1.165) is 0 Å². The lowest BCUT2D eigenvalue weighted by Crippen LogP contribution is -2.15. The van der Waals surface area contributed by atoms with Gasteiger partial charge in [-0.2, -0.15) is 0 Å². The van der Waals surface area contributed by atoms with Crippen molar-refractivity contribution in [2.24, 2.45) is 0 Å². The molecule has 132 valence electrons. The first kappa shape index (κ1) is 18.3. The van der Waals surface area contributed by atoms with Crippen molar-refractivity contribution in [1.29, 1.82) is 0 Å². The third-order valence-corrected chi connectivity index (χ3v) is 3.69. The minimum Gasteiger partial charge on any atom is -0.493 e. The summed E-state index contributed by atoms with van der Waals surface area (Å²) in [6.07, 6.45) is 0.0911. The molecule has 0 fully saturated rings. The Morgan fingerprint density at radius 3 is 2.28 bits per heavy atom. The van der Waals surface area contributed by atoms with Crippen LogP contribution >= 0.6 is 0 Å². The number of Topliss-reactive ketones (excluding diaryl/α,β-unsaturated/α-hetero) is 1. The standard InChI is InChI=1S/C19H21NO5/c1-12(21)13-6-5-7-15(10-13)20-17(22)11-14-8-9-16(23-2)19(25-4)18(14)24-3/h5-10H,11H2,1-4H3,(H,20,22). The number of benzene rings is 2. The summed E-state index contributed by atoms with van der Waals surface area (Å²) in [6.45, 7) is 1.48. The van der Waals surface area contributed by atoms with E-state index in [1.807, 2.05) is 0 Å². The predicted molar refractivity (Wildman–Crippen MR) is 94.9 cm³/mol. The maximum atomic E-state index is 12.4. The van der Waals surface area contributed by atoms with Crippen LogP contribution in [-0.4, -0.2) is 33.0 Å². The van der Waals surface area contributed by atoms with E-state index >= 15 is 0 Å². The van der Waals surface area contributed by atoms with Gasteiger partial charge >= 0.3 is 0 Å². The molecule has 0 radical (unpaired) electrons. The van der Waals surface area contributed by atoms with Crippen LogP contribution in [0.15, 0.2) is 36.4 Å². The van der Waals surface area contributed by atoms with Gasteiger partial charge in [0.25, 0.3) is 0 Å². The van der Waals surface area contributed by atoms with Gasteiger partial charge in [-0.05, 0) is 25.1 Å². The van der Waals surface area contributed by atoms with E-state index < -0.39 is 0 Å². The average Bonchev–Trinajstić information content (AvgIpc) is 2.61. The van der Waals surface area contributed by atoms with Gasteiger partial charge in [-0.3, -0.25) is 9.59 Å². The zero-order valence-electron chi connectivity index (χ0n) is 14.7. The molecule has 6 heteroatoms. The summed E-state index contributed by atoms with van der Waals surface area (Å²) >= 11 is 0. The summed E-state index contributed by atoms with van der Waals surface area (Å²) in [4.78, 5) is 23.8. The molecule has 2 rings (SSSR count). The molecule has 6 nitrogen and oxygen atoms in total. The molecule has 2 aromatic rings. The van der Waals surface area contributed by atoms with Crippen LogP contribution in [0.5, 0.6) is 17.2 Å². The molecule has 0 saturated heterocycles. The second kappa shape index (κ2) is 8.19. The fourth-order valence-electron chi connectivity index (χ4n) is 2.50. The summed E-state index contributed by atoms with van der Waals surface area (Å²) in [6, 6.07) is 10.3. The number of amides is 1. The maximum absolute atomic E-state index is 12.4. The van der Waals surface area contributed by atoms with Gasteiger partial charge in [-0.25, -0.2) is 0 Å². The molecule has 0 bridgehead atoms. The van der Waals surface area contributed by atoms with Gasteiger partial charge in [0.2, 0.25) is 11.7 Å². The topological polar surface area (TPSA) is 73.9 Å². The van der Waals surface area contributed by atoms with E-state index in [1.54, 1.807) is 36.4 Å². The van der Waals surface area contributed by atoms with Crippen LogP contribution in [0.2, 0.25) is 0 Å². The molecule has 0 aliphatic carbocycles. The first-order chi connectivity index (χ1) is 12.0. The van der Waals surface area contributed by atoms with E-state index in [2.05, 4.69) is 5.32 Å². The Kier molecular flexibility index (Phi) is 6.00. The molecule has 0 aliphatic heterocycles. The number of ether oxygens (including phenoxy) is 3. The van der Waals surface area contributed by atoms with Gasteiger partial charge in [0.1, 0.15) is 0 Å². The fourth-order valence-corrected chi connectivity index (χ4v) is 2.50. The van der Waals surface area contributed by atoms with E-state index in [0.29, 0.717) is 34.1 Å². The average molecular weight is 343 g/mol. The first-order valence-electron chi connectivity index (χ1n) is 7.68. The van der Waals surface area contributed by atoms with Crippen molar-refractivity contribution in [1.82, 2.24) is 0 Å². The fraction of sp³-hybridized carbons (Fsp3) is 0.263. The first-order valence-corrected chi connectivity index (χ1v) is 7.68. The van der Waals surface area contributed by atoms with Crippen LogP contribution in [0.1, 0.15) is 22.8 Å². The van der Waals surface area contributed by atoms with Crippen LogP contribution in [0, 0.1) is 0 Å². The van der Waals surface area contributed by atoms with Crippen LogP contribution in [0.4, 0.5) is 5.69 Å². The number of carbonyl (C=O) groups is 2. The van der Waals surface area contributed by atoms with Crippen molar-refractivity contribution in [2.75, 3.05) is 26.6 Å². The van der Waals surface area contributed by atoms with E-state index in [4.69, 9.17) is 14.2 Å². The Labute approximate surface area is 146 Å². The van der Waals surface area contributed by atoms with Gasteiger partial charge in [0.05, 0.1) is 27.8 Å². The van der Waals surface area contributed by atoms with Crippen LogP contribution < -0.4 is 19.5 Å². The van der Waals surface area contributed by atoms with Crippen molar-refractivity contribution in [3.63, 3.8) is 0 Å². The van der Waals surface area contributed by atoms with Crippen molar-refractivity contribution >= 4 is 17.4 Å². The lowest BCUT2D eigenvalue weighted by atomic mass is 10.1. The zero-order valence-corrected chi connectivity index (χ0v) is 14.7. The van der Waals surface area contributed by atoms with Crippen molar-refractivity contribution in [3.05, 3.63) is 47.5 Å². The Hall–Kier alpha value is -3.02. The molecule has 0 saturated carbocycles. The van der Waals surface area contributed by atoms with Crippen molar-refractivity contribution < 1.29 is 23.8 Å². The van der Waals surface area contributed by atoms with E-state index in [-0.39, 0.29) is 18.1 Å². The third kappa shape index (κ3) is 4.29. The highest BCUT2D eigenvalue weighted by molar-refractivity contribution is 5.97. The summed E-state index contributed by atoms with van der Waals surface area (Å²) in [5.41, 5.74) is 1.78. The lowest BCUT2D eigenvalue weighted by molar-refractivity contribution is -0.115. The molecule has 0 spiro atoms. The number of rotatable bonds is 7. The van der Waals surface area contributed by atoms with Crippen LogP contribution in [-0.2, 0) is 11.2 Å². The summed E-state index contributed by atoms with van der Waals surface area (Å²) in [5.74, 6) is 1.13. The largest absolute Gasteiger partial charge is 0.493 e. The second-order valence-electron chi connectivity index (χ2n) is 5.36. The Morgan fingerprint density at radius 1 is 0.960 bits per heavy atom. The smallest absolute Gasteiger partial charge is 0.228 e. The summed E-state index contributed by atoms with van der Waals surface area (Å²) < 4.78 is 15.9. The molecular formula is C19H21NO5. The number of hydrogen-bond donors (Lipinski definition) is 1.